The number of carbonyl (C=O) groups excluding carboxylic acids is 1. The minimum absolute atomic E-state index is 0.138. The summed E-state index contributed by atoms with van der Waals surface area (Å²) >= 11 is 0. The average molecular weight is 855 g/mol. The second kappa shape index (κ2) is 36.4. The molecule has 0 saturated heterocycles. The van der Waals surface area contributed by atoms with E-state index in [2.05, 4.69) is 74.6 Å². The van der Waals surface area contributed by atoms with E-state index in [9.17, 15) is 39.8 Å². The predicted octanol–water partition coefficient (Wildman–Crippen LogP) is 8.80. The van der Waals surface area contributed by atoms with Crippen molar-refractivity contribution in [2.75, 3.05) is 19.8 Å². The molecule has 13 heteroatoms. The fourth-order valence-corrected chi connectivity index (χ4v) is 7.27. The van der Waals surface area contributed by atoms with Gasteiger partial charge < -0.3 is 39.9 Å². The lowest BCUT2D eigenvalue weighted by Crippen LogP contribution is -2.64. The summed E-state index contributed by atoms with van der Waals surface area (Å²) in [5.41, 5.74) is 0. The molecule has 0 spiro atoms. The minimum atomic E-state index is -5.04. The highest BCUT2D eigenvalue weighted by molar-refractivity contribution is 7.47. The van der Waals surface area contributed by atoms with Crippen LogP contribution >= 0.6 is 7.82 Å². The van der Waals surface area contributed by atoms with E-state index in [1.807, 2.05) is 12.2 Å². The monoisotopic (exact) mass is 855 g/mol. The van der Waals surface area contributed by atoms with Gasteiger partial charge in [0, 0.05) is 6.42 Å². The van der Waals surface area contributed by atoms with Crippen LogP contribution in [0.4, 0.5) is 0 Å². The number of aliphatic hydroxyl groups is 5. The van der Waals surface area contributed by atoms with E-state index in [4.69, 9.17) is 18.5 Å². The Morgan fingerprint density at radius 1 is 0.559 bits per heavy atom. The van der Waals surface area contributed by atoms with Gasteiger partial charge in [-0.25, -0.2) is 4.57 Å². The number of phosphoric acid groups is 1. The molecule has 0 bridgehead atoms. The maximum absolute atomic E-state index is 12.8. The summed E-state index contributed by atoms with van der Waals surface area (Å²) in [7, 11) is -5.04. The Hall–Kier alpha value is -2.22. The third kappa shape index (κ3) is 28.9. The molecule has 1 aliphatic rings. The molecule has 340 valence electrons. The lowest BCUT2D eigenvalue weighted by atomic mass is 9.85. The molecule has 0 aromatic heterocycles. The van der Waals surface area contributed by atoms with Crippen LogP contribution in [0, 0.1) is 0 Å². The highest BCUT2D eigenvalue weighted by Gasteiger charge is 2.51. The third-order valence-electron chi connectivity index (χ3n) is 9.83. The van der Waals surface area contributed by atoms with Crippen molar-refractivity contribution in [1.82, 2.24) is 0 Å². The summed E-state index contributed by atoms with van der Waals surface area (Å²) in [5, 5.41) is 50.1. The van der Waals surface area contributed by atoms with Gasteiger partial charge in [-0.1, -0.05) is 145 Å². The number of hydrogen-bond donors (Lipinski definition) is 6. The quantitative estimate of drug-likeness (QED) is 0.0152. The summed E-state index contributed by atoms with van der Waals surface area (Å²) in [5.74, 6) is -0.514. The van der Waals surface area contributed by atoms with E-state index in [1.165, 1.54) is 44.9 Å². The molecule has 6 unspecified atom stereocenters. The summed E-state index contributed by atoms with van der Waals surface area (Å²) in [6, 6.07) is 0. The van der Waals surface area contributed by atoms with Crippen LogP contribution in [0.1, 0.15) is 149 Å². The molecule has 0 amide bonds. The number of carbonyl (C=O) groups is 1. The Morgan fingerprint density at radius 2 is 1.00 bits per heavy atom. The summed E-state index contributed by atoms with van der Waals surface area (Å²) in [6.07, 6.45) is 34.2. The highest BCUT2D eigenvalue weighted by atomic mass is 31.2. The van der Waals surface area contributed by atoms with Crippen LogP contribution in [0.3, 0.4) is 0 Å². The molecule has 6 atom stereocenters. The van der Waals surface area contributed by atoms with E-state index >= 15 is 0 Å². The number of rotatable bonds is 36. The largest absolute Gasteiger partial charge is 0.472 e. The number of ether oxygens (including phenoxy) is 2. The van der Waals surface area contributed by atoms with Crippen molar-refractivity contribution in [3.63, 3.8) is 0 Å². The lowest BCUT2D eigenvalue weighted by molar-refractivity contribution is -0.220. The molecule has 1 saturated carbocycles. The van der Waals surface area contributed by atoms with Crippen LogP contribution in [0.15, 0.2) is 72.9 Å². The summed E-state index contributed by atoms with van der Waals surface area (Å²) in [4.78, 5) is 23.1. The van der Waals surface area contributed by atoms with Crippen LogP contribution in [0.5, 0.6) is 0 Å². The van der Waals surface area contributed by atoms with Crippen LogP contribution in [0.25, 0.3) is 0 Å². The molecule has 59 heavy (non-hydrogen) atoms. The van der Waals surface area contributed by atoms with Crippen molar-refractivity contribution >= 4 is 13.8 Å². The highest BCUT2D eigenvalue weighted by Crippen LogP contribution is 2.47. The molecule has 1 aliphatic carbocycles. The van der Waals surface area contributed by atoms with Crippen molar-refractivity contribution in [3.8, 4) is 0 Å². The Labute approximate surface area is 355 Å². The van der Waals surface area contributed by atoms with Gasteiger partial charge >= 0.3 is 13.8 Å². The second-order valence-corrected chi connectivity index (χ2v) is 16.6. The normalized spacial score (nSPS) is 23.2. The minimum Gasteiger partial charge on any atom is -0.457 e. The molecule has 1 rings (SSSR count). The Bertz CT molecular complexity index is 1250. The van der Waals surface area contributed by atoms with E-state index in [0.29, 0.717) is 19.4 Å². The Balaban J connectivity index is 2.48. The first kappa shape index (κ1) is 54.8. The van der Waals surface area contributed by atoms with Crippen molar-refractivity contribution in [3.05, 3.63) is 72.9 Å². The number of hydrogen-bond acceptors (Lipinski definition) is 11. The van der Waals surface area contributed by atoms with Gasteiger partial charge in [0.1, 0.15) is 42.7 Å². The Morgan fingerprint density at radius 3 is 1.53 bits per heavy atom. The molecular weight excluding hydrogens is 775 g/mol. The van der Waals surface area contributed by atoms with Gasteiger partial charge in [0.25, 0.3) is 0 Å². The number of aliphatic hydroxyl groups excluding tert-OH is 5. The zero-order valence-corrected chi connectivity index (χ0v) is 36.9. The first-order valence-electron chi connectivity index (χ1n) is 22.3. The SMILES string of the molecule is CC/C=C\C/C=C\C/C=C\C/C=C\C/C=C\CCOCC(COP(=O)(O)OC1C(O)C(O)C(O)C(O)C1O)OC(=O)CCCCCCC/C=C\CCCCCCCCC. The van der Waals surface area contributed by atoms with Gasteiger partial charge in [-0.05, 0) is 70.6 Å². The van der Waals surface area contributed by atoms with Gasteiger partial charge in [0.05, 0.1) is 19.8 Å². The molecule has 0 heterocycles. The van der Waals surface area contributed by atoms with E-state index in [0.717, 1.165) is 70.6 Å². The average Bonchev–Trinajstić information content (AvgIpc) is 3.22. The predicted molar refractivity (Wildman–Crippen MR) is 235 cm³/mol. The molecular formula is C46H79O12P. The van der Waals surface area contributed by atoms with Crippen molar-refractivity contribution < 1.29 is 58.3 Å². The standard InChI is InChI=1S/C46H79O12P/c1-3-5-7-9-11-13-15-17-19-21-23-25-27-29-31-33-35-40(47)57-39(38-56-59(53,54)58-46-44(51)42(49)41(48)43(50)45(46)52)37-55-36-34-32-30-28-26-24-22-20-18-16-14-12-10-8-6-4-2/h6,8,12,14,18-21,24,26,30,32,39,41-46,48-52H,3-5,7,9-11,13,15-17,22-23,25,27-29,31,33-38H2,1-2H3,(H,53,54)/b8-6-,14-12-,20-18-,21-19-,26-24-,32-30-. The van der Waals surface area contributed by atoms with E-state index in [-0.39, 0.29) is 13.0 Å². The Kier molecular flexibility index (Phi) is 33.8. The first-order valence-corrected chi connectivity index (χ1v) is 23.8. The van der Waals surface area contributed by atoms with Gasteiger partial charge in [0.2, 0.25) is 0 Å². The van der Waals surface area contributed by atoms with Crippen molar-refractivity contribution in [2.24, 2.45) is 0 Å². The zero-order valence-electron chi connectivity index (χ0n) is 36.0. The van der Waals surface area contributed by atoms with Gasteiger partial charge in [-0.3, -0.25) is 13.8 Å². The molecule has 0 aliphatic heterocycles. The fourth-order valence-electron chi connectivity index (χ4n) is 6.30. The maximum atomic E-state index is 12.8. The smallest absolute Gasteiger partial charge is 0.457 e. The first-order chi connectivity index (χ1) is 28.5. The second-order valence-electron chi connectivity index (χ2n) is 15.2. The van der Waals surface area contributed by atoms with E-state index in [1.54, 1.807) is 0 Å². The topological polar surface area (TPSA) is 192 Å². The molecule has 6 N–H and O–H groups in total. The molecule has 0 aromatic rings. The van der Waals surface area contributed by atoms with Crippen LogP contribution in [-0.2, 0) is 27.9 Å². The molecule has 1 fully saturated rings. The molecule has 0 radical (unpaired) electrons. The van der Waals surface area contributed by atoms with Crippen molar-refractivity contribution in [1.29, 1.82) is 0 Å². The number of unbranched alkanes of at least 4 members (excludes halogenated alkanes) is 12. The maximum Gasteiger partial charge on any atom is 0.472 e. The zero-order chi connectivity index (χ0) is 43.4. The van der Waals surface area contributed by atoms with Gasteiger partial charge in [-0.2, -0.15) is 0 Å². The van der Waals surface area contributed by atoms with Crippen LogP contribution in [0.2, 0.25) is 0 Å². The van der Waals surface area contributed by atoms with Gasteiger partial charge in [-0.15, -0.1) is 0 Å². The molecule has 0 aromatic carbocycles. The number of phosphoric ester groups is 1. The number of esters is 1. The van der Waals surface area contributed by atoms with E-state index < -0.39 is 63.1 Å². The third-order valence-corrected chi connectivity index (χ3v) is 10.8. The van der Waals surface area contributed by atoms with Crippen molar-refractivity contribution in [2.45, 2.75) is 191 Å². The molecule has 12 nitrogen and oxygen atoms in total. The van der Waals surface area contributed by atoms with Gasteiger partial charge in [0.15, 0.2) is 0 Å². The fraction of sp³-hybridized carbons (Fsp3) is 0.717. The lowest BCUT2D eigenvalue weighted by Gasteiger charge is -2.41. The number of allylic oxidation sites excluding steroid dienone is 11. The van der Waals surface area contributed by atoms with Crippen LogP contribution in [-0.4, -0.2) is 98.9 Å². The summed E-state index contributed by atoms with van der Waals surface area (Å²) < 4.78 is 34.0. The summed E-state index contributed by atoms with van der Waals surface area (Å²) in [6.45, 7) is 3.90. The van der Waals surface area contributed by atoms with Crippen LogP contribution < -0.4 is 0 Å².